The van der Waals surface area contributed by atoms with Gasteiger partial charge >= 0.3 is 0 Å². The van der Waals surface area contributed by atoms with Crippen molar-refractivity contribution in [1.82, 2.24) is 10.6 Å². The Kier molecular flexibility index (Phi) is 3.66. The van der Waals surface area contributed by atoms with E-state index in [9.17, 15) is 9.59 Å². The summed E-state index contributed by atoms with van der Waals surface area (Å²) >= 11 is 0. The average molecular weight is 187 g/mol. The minimum atomic E-state index is -0.558. The van der Waals surface area contributed by atoms with E-state index in [1.807, 2.05) is 0 Å². The van der Waals surface area contributed by atoms with Crippen molar-refractivity contribution in [2.45, 2.75) is 6.10 Å². The van der Waals surface area contributed by atoms with Crippen molar-refractivity contribution in [3.8, 4) is 0 Å². The van der Waals surface area contributed by atoms with E-state index in [4.69, 9.17) is 10.5 Å². The van der Waals surface area contributed by atoms with Crippen LogP contribution in [-0.4, -0.2) is 44.2 Å². The van der Waals surface area contributed by atoms with Gasteiger partial charge in [-0.15, -0.1) is 0 Å². The van der Waals surface area contributed by atoms with Crippen molar-refractivity contribution in [2.24, 2.45) is 5.73 Å². The molecule has 0 aromatic heterocycles. The van der Waals surface area contributed by atoms with Crippen LogP contribution in [0.15, 0.2) is 0 Å². The van der Waals surface area contributed by atoms with Gasteiger partial charge in [0.15, 0.2) is 0 Å². The maximum absolute atomic E-state index is 11.2. The zero-order chi connectivity index (χ0) is 9.68. The molecule has 1 heterocycles. The number of carbonyl (C=O) groups excluding carboxylic acids is 2. The second-order valence-corrected chi connectivity index (χ2v) is 2.75. The lowest BCUT2D eigenvalue weighted by molar-refractivity contribution is -0.135. The lowest BCUT2D eigenvalue weighted by Gasteiger charge is -2.22. The summed E-state index contributed by atoms with van der Waals surface area (Å²) in [5.41, 5.74) is 4.86. The van der Waals surface area contributed by atoms with E-state index in [0.29, 0.717) is 13.2 Å². The van der Waals surface area contributed by atoms with E-state index < -0.39 is 12.0 Å². The SMILES string of the molecule is NC(=O)CNC(=O)[C@@H]1CNCCO1. The Morgan fingerprint density at radius 2 is 2.38 bits per heavy atom. The molecular formula is C7H13N3O3. The predicted octanol–water partition coefficient (Wildman–Crippen LogP) is -2.42. The van der Waals surface area contributed by atoms with Crippen LogP contribution in [0.2, 0.25) is 0 Å². The maximum atomic E-state index is 11.2. The molecule has 1 fully saturated rings. The van der Waals surface area contributed by atoms with Gasteiger partial charge in [0.1, 0.15) is 6.10 Å². The molecule has 0 unspecified atom stereocenters. The number of nitrogens with two attached hydrogens (primary N) is 1. The Hall–Kier alpha value is -1.14. The molecule has 6 nitrogen and oxygen atoms in total. The molecular weight excluding hydrogens is 174 g/mol. The summed E-state index contributed by atoms with van der Waals surface area (Å²) in [6, 6.07) is 0. The lowest BCUT2D eigenvalue weighted by Crippen LogP contribution is -2.49. The van der Waals surface area contributed by atoms with Crippen LogP contribution < -0.4 is 16.4 Å². The van der Waals surface area contributed by atoms with Crippen LogP contribution >= 0.6 is 0 Å². The fourth-order valence-electron chi connectivity index (χ4n) is 1.02. The molecule has 0 saturated carbocycles. The number of primary amides is 1. The lowest BCUT2D eigenvalue weighted by atomic mass is 10.3. The van der Waals surface area contributed by atoms with Gasteiger partial charge in [0.2, 0.25) is 5.91 Å². The third-order valence-corrected chi connectivity index (χ3v) is 1.66. The number of amides is 2. The quantitative estimate of drug-likeness (QED) is 0.458. The standard InChI is InChI=1S/C7H13N3O3/c8-6(11)4-10-7(12)5-3-9-1-2-13-5/h5,9H,1-4H2,(H2,8,11)(H,10,12)/t5-/m0/s1. The van der Waals surface area contributed by atoms with Crippen molar-refractivity contribution < 1.29 is 14.3 Å². The van der Waals surface area contributed by atoms with E-state index in [1.165, 1.54) is 0 Å². The zero-order valence-corrected chi connectivity index (χ0v) is 7.21. The Balaban J connectivity index is 2.25. The maximum Gasteiger partial charge on any atom is 0.250 e. The first-order valence-electron chi connectivity index (χ1n) is 4.08. The highest BCUT2D eigenvalue weighted by molar-refractivity contribution is 5.86. The first-order chi connectivity index (χ1) is 6.20. The molecule has 1 saturated heterocycles. The second kappa shape index (κ2) is 4.78. The summed E-state index contributed by atoms with van der Waals surface area (Å²) in [6.45, 7) is 1.59. The fraction of sp³-hybridized carbons (Fsp3) is 0.714. The minimum Gasteiger partial charge on any atom is -0.368 e. The topological polar surface area (TPSA) is 93.5 Å². The smallest absolute Gasteiger partial charge is 0.250 e. The molecule has 1 aliphatic heterocycles. The van der Waals surface area contributed by atoms with Crippen LogP contribution in [0, 0.1) is 0 Å². The Morgan fingerprint density at radius 3 is 2.92 bits per heavy atom. The molecule has 13 heavy (non-hydrogen) atoms. The van der Waals surface area contributed by atoms with E-state index in [0.717, 1.165) is 6.54 Å². The van der Waals surface area contributed by atoms with Gasteiger partial charge in [-0.1, -0.05) is 0 Å². The molecule has 0 bridgehead atoms. The molecule has 0 radical (unpaired) electrons. The highest BCUT2D eigenvalue weighted by Gasteiger charge is 2.21. The third kappa shape index (κ3) is 3.39. The van der Waals surface area contributed by atoms with Crippen molar-refractivity contribution in [3.05, 3.63) is 0 Å². The van der Waals surface area contributed by atoms with Gasteiger partial charge < -0.3 is 21.1 Å². The predicted molar refractivity (Wildman–Crippen MR) is 44.8 cm³/mol. The summed E-state index contributed by atoms with van der Waals surface area (Å²) in [5, 5.41) is 5.37. The van der Waals surface area contributed by atoms with E-state index in [-0.39, 0.29) is 12.5 Å². The summed E-state index contributed by atoms with van der Waals surface area (Å²) in [5.74, 6) is -0.858. The number of ether oxygens (including phenoxy) is 1. The average Bonchev–Trinajstić information content (AvgIpc) is 2.15. The molecule has 1 rings (SSSR count). The van der Waals surface area contributed by atoms with E-state index in [1.54, 1.807) is 0 Å². The molecule has 2 amide bonds. The fourth-order valence-corrected chi connectivity index (χ4v) is 1.02. The van der Waals surface area contributed by atoms with Gasteiger partial charge in [0.25, 0.3) is 5.91 Å². The second-order valence-electron chi connectivity index (χ2n) is 2.75. The third-order valence-electron chi connectivity index (χ3n) is 1.66. The first-order valence-corrected chi connectivity index (χ1v) is 4.08. The normalized spacial score (nSPS) is 22.3. The van der Waals surface area contributed by atoms with Gasteiger partial charge in [-0.3, -0.25) is 9.59 Å². The first kappa shape index (κ1) is 9.94. The van der Waals surface area contributed by atoms with Gasteiger partial charge in [0, 0.05) is 13.1 Å². The van der Waals surface area contributed by atoms with Gasteiger partial charge in [0.05, 0.1) is 13.2 Å². The molecule has 0 aromatic rings. The van der Waals surface area contributed by atoms with Crippen LogP contribution in [-0.2, 0) is 14.3 Å². The zero-order valence-electron chi connectivity index (χ0n) is 7.21. The van der Waals surface area contributed by atoms with Crippen LogP contribution in [0.3, 0.4) is 0 Å². The van der Waals surface area contributed by atoms with Gasteiger partial charge in [-0.05, 0) is 0 Å². The van der Waals surface area contributed by atoms with Crippen LogP contribution in [0.5, 0.6) is 0 Å². The highest BCUT2D eigenvalue weighted by Crippen LogP contribution is 1.94. The molecule has 0 aromatic carbocycles. The van der Waals surface area contributed by atoms with Gasteiger partial charge in [-0.2, -0.15) is 0 Å². The largest absolute Gasteiger partial charge is 0.368 e. The highest BCUT2D eigenvalue weighted by atomic mass is 16.5. The summed E-state index contributed by atoms with van der Waals surface area (Å²) in [4.78, 5) is 21.6. The molecule has 74 valence electrons. The number of morpholine rings is 1. The number of hydrogen-bond donors (Lipinski definition) is 3. The Bertz CT molecular complexity index is 201. The number of rotatable bonds is 3. The molecule has 0 aliphatic carbocycles. The Morgan fingerprint density at radius 1 is 1.62 bits per heavy atom. The summed E-state index contributed by atoms with van der Waals surface area (Å²) in [7, 11) is 0. The molecule has 6 heteroatoms. The number of carbonyl (C=O) groups is 2. The summed E-state index contributed by atoms with van der Waals surface area (Å²) < 4.78 is 5.15. The van der Waals surface area contributed by atoms with E-state index >= 15 is 0 Å². The number of nitrogens with one attached hydrogen (secondary N) is 2. The van der Waals surface area contributed by atoms with Crippen LogP contribution in [0.1, 0.15) is 0 Å². The van der Waals surface area contributed by atoms with Crippen LogP contribution in [0.25, 0.3) is 0 Å². The Labute approximate surface area is 75.8 Å². The number of hydrogen-bond acceptors (Lipinski definition) is 4. The van der Waals surface area contributed by atoms with Crippen molar-refractivity contribution >= 4 is 11.8 Å². The van der Waals surface area contributed by atoms with Crippen molar-refractivity contribution in [1.29, 1.82) is 0 Å². The molecule has 1 atom stereocenters. The van der Waals surface area contributed by atoms with Gasteiger partial charge in [-0.25, -0.2) is 0 Å². The van der Waals surface area contributed by atoms with E-state index in [2.05, 4.69) is 10.6 Å². The monoisotopic (exact) mass is 187 g/mol. The molecule has 4 N–H and O–H groups in total. The van der Waals surface area contributed by atoms with Crippen LogP contribution in [0.4, 0.5) is 0 Å². The molecule has 1 aliphatic rings. The summed E-state index contributed by atoms with van der Waals surface area (Å²) in [6.07, 6.45) is -0.506. The molecule has 0 spiro atoms. The van der Waals surface area contributed by atoms with Crippen molar-refractivity contribution in [2.75, 3.05) is 26.2 Å². The van der Waals surface area contributed by atoms with Crippen molar-refractivity contribution in [3.63, 3.8) is 0 Å². The minimum absolute atomic E-state index is 0.140.